The molecule has 5 aromatic heterocycles. The van der Waals surface area contributed by atoms with Crippen LogP contribution >= 0.6 is 0 Å². The number of aromatic nitrogens is 9. The molecule has 2 atom stereocenters. The average Bonchev–Trinajstić information content (AvgIpc) is 3.88. The molecular formula is C47H50FN11O6. The van der Waals surface area contributed by atoms with Gasteiger partial charge in [0.05, 0.1) is 60.7 Å². The Hall–Kier alpha value is -7.05. The number of fused-ring (bicyclic) bond motifs is 3. The van der Waals surface area contributed by atoms with Crippen molar-refractivity contribution in [1.82, 2.24) is 48.7 Å². The van der Waals surface area contributed by atoms with E-state index in [0.29, 0.717) is 78.8 Å². The Kier molecular flexibility index (Phi) is 10.6. The fourth-order valence-corrected chi connectivity index (χ4v) is 8.98. The summed E-state index contributed by atoms with van der Waals surface area (Å²) in [5.74, 6) is 1.38. The van der Waals surface area contributed by atoms with Gasteiger partial charge in [-0.2, -0.15) is 10.2 Å². The maximum atomic E-state index is 14.5. The zero-order chi connectivity index (χ0) is 45.1. The number of amides is 1. The summed E-state index contributed by atoms with van der Waals surface area (Å²) in [5, 5.41) is 14.9. The molecule has 1 saturated carbocycles. The minimum atomic E-state index is -0.450. The second-order valence-electron chi connectivity index (χ2n) is 17.8. The summed E-state index contributed by atoms with van der Waals surface area (Å²) in [6, 6.07) is 18.7. The van der Waals surface area contributed by atoms with Gasteiger partial charge in [0.25, 0.3) is 5.91 Å². The molecule has 7 heterocycles. The number of aryl methyl sites for hydroxylation is 1. The van der Waals surface area contributed by atoms with E-state index >= 15 is 0 Å². The van der Waals surface area contributed by atoms with Gasteiger partial charge in [0, 0.05) is 79.0 Å². The third-order valence-corrected chi connectivity index (χ3v) is 12.6. The van der Waals surface area contributed by atoms with Gasteiger partial charge < -0.3 is 24.3 Å². The monoisotopic (exact) mass is 883 g/mol. The number of hydrogen-bond acceptors (Lipinski definition) is 10. The molecule has 336 valence electrons. The maximum absolute atomic E-state index is 14.5. The highest BCUT2D eigenvalue weighted by Gasteiger charge is 2.37. The zero-order valence-electron chi connectivity index (χ0n) is 36.9. The number of H-pyrrole nitrogens is 2. The molecule has 1 aliphatic carbocycles. The molecule has 3 aromatic carbocycles. The molecular weight excluding hydrogens is 834 g/mol. The molecule has 1 saturated heterocycles. The lowest BCUT2D eigenvalue weighted by molar-refractivity contribution is -0.0276. The van der Waals surface area contributed by atoms with Gasteiger partial charge in [-0.25, -0.2) is 18.7 Å². The lowest BCUT2D eigenvalue weighted by Gasteiger charge is -2.39. The van der Waals surface area contributed by atoms with Crippen molar-refractivity contribution in [3.05, 3.63) is 134 Å². The Labute approximate surface area is 371 Å². The predicted molar refractivity (Wildman–Crippen MR) is 241 cm³/mol. The largest absolute Gasteiger partial charge is 0.438 e. The van der Waals surface area contributed by atoms with Gasteiger partial charge in [-0.1, -0.05) is 12.1 Å². The molecule has 0 bridgehead atoms. The van der Waals surface area contributed by atoms with Crippen molar-refractivity contribution in [3.8, 4) is 17.2 Å². The molecule has 65 heavy (non-hydrogen) atoms. The molecule has 1 amide bonds. The van der Waals surface area contributed by atoms with Crippen molar-refractivity contribution in [2.45, 2.75) is 65.1 Å². The summed E-state index contributed by atoms with van der Waals surface area (Å²) < 4.78 is 36.7. The Balaban J connectivity index is 0.000000437. The van der Waals surface area contributed by atoms with Crippen molar-refractivity contribution in [1.29, 1.82) is 0 Å². The van der Waals surface area contributed by atoms with E-state index in [4.69, 9.17) is 14.6 Å². The van der Waals surface area contributed by atoms with Crippen LogP contribution in [0.2, 0.25) is 0 Å². The van der Waals surface area contributed by atoms with Crippen LogP contribution in [0.5, 0.6) is 0 Å². The average molecular weight is 884 g/mol. The number of morpholine rings is 1. The second kappa shape index (κ2) is 16.5. The van der Waals surface area contributed by atoms with Gasteiger partial charge in [-0.05, 0) is 99.3 Å². The van der Waals surface area contributed by atoms with Crippen LogP contribution in [0.3, 0.4) is 0 Å². The first-order chi connectivity index (χ1) is 31.3. The Morgan fingerprint density at radius 3 is 2.51 bits per heavy atom. The number of rotatable bonds is 9. The molecule has 0 spiro atoms. The van der Waals surface area contributed by atoms with Gasteiger partial charge in [0.15, 0.2) is 5.82 Å². The Morgan fingerprint density at radius 1 is 0.969 bits per heavy atom. The number of halogens is 1. The molecule has 3 aliphatic rings. The molecule has 2 fully saturated rings. The fourth-order valence-electron chi connectivity index (χ4n) is 8.98. The summed E-state index contributed by atoms with van der Waals surface area (Å²) in [4.78, 5) is 49.0. The summed E-state index contributed by atoms with van der Waals surface area (Å²) in [6.07, 6.45) is 6.81. The number of methoxy groups -OCH3 is 1. The molecule has 2 N–H and O–H groups in total. The highest BCUT2D eigenvalue weighted by molar-refractivity contribution is 5.99. The quantitative estimate of drug-likeness (QED) is 0.174. The Bertz CT molecular complexity index is 3200. The molecule has 17 nitrogen and oxygen atoms in total. The third-order valence-electron chi connectivity index (χ3n) is 12.6. The molecule has 11 rings (SSSR count). The predicted octanol–water partition coefficient (Wildman–Crippen LogP) is 6.04. The number of aromatic amines is 2. The first-order valence-corrected chi connectivity index (χ1v) is 21.8. The minimum absolute atomic E-state index is 0.142. The van der Waals surface area contributed by atoms with Crippen LogP contribution in [0.1, 0.15) is 66.2 Å². The van der Waals surface area contributed by atoms with Crippen molar-refractivity contribution < 1.29 is 23.2 Å². The zero-order valence-corrected chi connectivity index (χ0v) is 36.9. The normalized spacial score (nSPS) is 17.9. The van der Waals surface area contributed by atoms with Crippen LogP contribution in [0.4, 0.5) is 10.1 Å². The molecule has 2 aliphatic heterocycles. The van der Waals surface area contributed by atoms with Crippen molar-refractivity contribution in [2.75, 3.05) is 44.9 Å². The highest BCUT2D eigenvalue weighted by Crippen LogP contribution is 2.44. The van der Waals surface area contributed by atoms with Gasteiger partial charge in [-0.15, -0.1) is 0 Å². The molecule has 0 radical (unpaired) electrons. The van der Waals surface area contributed by atoms with Gasteiger partial charge in [0.2, 0.25) is 0 Å². The van der Waals surface area contributed by atoms with Crippen LogP contribution in [-0.4, -0.2) is 100 Å². The molecule has 18 heteroatoms. The van der Waals surface area contributed by atoms with Gasteiger partial charge >= 0.3 is 11.4 Å². The van der Waals surface area contributed by atoms with Crippen LogP contribution in [0.25, 0.3) is 39.0 Å². The number of nitrogens with one attached hydrogen (secondary N) is 2. The van der Waals surface area contributed by atoms with E-state index in [1.807, 2.05) is 35.0 Å². The minimum Gasteiger partial charge on any atom is -0.383 e. The van der Waals surface area contributed by atoms with E-state index < -0.39 is 5.76 Å². The number of hydrogen-bond donors (Lipinski definition) is 2. The number of anilines is 1. The van der Waals surface area contributed by atoms with E-state index in [9.17, 15) is 18.8 Å². The van der Waals surface area contributed by atoms with E-state index in [-0.39, 0.29) is 29.6 Å². The van der Waals surface area contributed by atoms with Crippen LogP contribution < -0.4 is 16.3 Å². The van der Waals surface area contributed by atoms with Crippen molar-refractivity contribution in [3.63, 3.8) is 0 Å². The Morgan fingerprint density at radius 2 is 1.75 bits per heavy atom. The second-order valence-corrected chi connectivity index (χ2v) is 17.8. The number of ether oxygens (including phenoxy) is 2. The number of imidazole rings is 1. The van der Waals surface area contributed by atoms with E-state index in [1.54, 1.807) is 63.5 Å². The van der Waals surface area contributed by atoms with E-state index in [1.165, 1.54) is 6.07 Å². The molecule has 8 aromatic rings. The lowest BCUT2D eigenvalue weighted by atomic mass is 10.1. The number of nitrogens with zero attached hydrogens (tertiary/aromatic N) is 9. The summed E-state index contributed by atoms with van der Waals surface area (Å²) in [6.45, 7) is 12.1. The first kappa shape index (κ1) is 41.9. The number of carbonyl (C=O) groups is 1. The molecule has 0 unspecified atom stereocenters. The number of benzene rings is 3. The van der Waals surface area contributed by atoms with E-state index in [0.717, 1.165) is 58.3 Å². The van der Waals surface area contributed by atoms with Crippen molar-refractivity contribution in [2.24, 2.45) is 5.92 Å². The summed E-state index contributed by atoms with van der Waals surface area (Å²) >= 11 is 0. The highest BCUT2D eigenvalue weighted by atomic mass is 19.1. The van der Waals surface area contributed by atoms with Crippen LogP contribution in [0, 0.1) is 18.7 Å². The number of carbonyl (C=O) groups excluding carboxylic acids is 1. The van der Waals surface area contributed by atoms with Crippen molar-refractivity contribution >= 4 is 33.4 Å². The van der Waals surface area contributed by atoms with Gasteiger partial charge in [0.1, 0.15) is 17.3 Å². The summed E-state index contributed by atoms with van der Waals surface area (Å²) in [7, 11) is 1.66. The van der Waals surface area contributed by atoms with Gasteiger partial charge in [-0.3, -0.25) is 28.1 Å². The fraction of sp³-hybridized carbons (Fsp3) is 0.362. The summed E-state index contributed by atoms with van der Waals surface area (Å²) in [5.41, 5.74) is 6.13. The SMILES string of the molecule is COCCn1ncc2cc(-n3ccn(-c4c5c(nn4-c4ccc(F)c(C)c4)CCN(C(=O)c4cc6cc(N7CCOC(C)(C)C7)ccc6[nH]4)C5)c3=O)ccc21.C[C@H]1C[C@H]1c1noc(=O)[nH]1. The first-order valence-electron chi connectivity index (χ1n) is 21.8. The topological polar surface area (TPSA) is 179 Å². The van der Waals surface area contributed by atoms with E-state index in [2.05, 4.69) is 62.6 Å². The lowest BCUT2D eigenvalue weighted by Crippen LogP contribution is -2.48. The smallest absolute Gasteiger partial charge is 0.383 e. The van der Waals surface area contributed by atoms with Crippen LogP contribution in [-0.2, 0) is 29.0 Å². The van der Waals surface area contributed by atoms with Crippen LogP contribution in [0.15, 0.2) is 93.4 Å². The third kappa shape index (κ3) is 8.07. The standard InChI is InChI=1S/C41H42FN9O4.C6H8N2O2/c1-26-19-31(5-8-33(26)42)51-38(49-14-13-48(40(49)53)30-7-10-37-28(21-30)23-43-50(37)16-17-54-4)32-24-46(12-11-35(32)45-51)39(52)36-22-27-20-29(6-9-34(27)44-36)47-15-18-55-41(2,3)25-47;1-3-2-4(3)5-7-6(9)10-8-5/h5-10,13-14,19-23,44H,11-12,15-18,24-25H2,1-4H3;3-4H,2H2,1H3,(H,7,8,9)/t;3-,4+/m.0/s1. The maximum Gasteiger partial charge on any atom is 0.438 e.